The average molecular weight is 404 g/mol. The molecule has 5 rings (SSSR count). The van der Waals surface area contributed by atoms with E-state index in [-0.39, 0.29) is 42.6 Å². The molecule has 1 fully saturated rings. The molecule has 0 amide bonds. The van der Waals surface area contributed by atoms with Crippen molar-refractivity contribution in [2.24, 2.45) is 0 Å². The molecule has 1 aromatic heterocycles. The van der Waals surface area contributed by atoms with Gasteiger partial charge in [-0.25, -0.2) is 8.42 Å². The van der Waals surface area contributed by atoms with E-state index in [4.69, 9.17) is 14.2 Å². The zero-order valence-electron chi connectivity index (χ0n) is 15.6. The quantitative estimate of drug-likeness (QED) is 0.558. The van der Waals surface area contributed by atoms with E-state index >= 15 is 0 Å². The van der Waals surface area contributed by atoms with Crippen LogP contribution in [0.2, 0.25) is 0 Å². The lowest BCUT2D eigenvalue weighted by molar-refractivity contribution is -0.135. The number of hydrogen-bond donors (Lipinski definition) is 0. The highest BCUT2D eigenvalue weighted by molar-refractivity contribution is 7.91. The van der Waals surface area contributed by atoms with Gasteiger partial charge in [-0.1, -0.05) is 0 Å². The van der Waals surface area contributed by atoms with E-state index in [9.17, 15) is 13.2 Å². The zero-order chi connectivity index (χ0) is 19.6. The fourth-order valence-corrected chi connectivity index (χ4v) is 6.19. The summed E-state index contributed by atoms with van der Waals surface area (Å²) in [6, 6.07) is 3.40. The summed E-state index contributed by atoms with van der Waals surface area (Å²) in [4.78, 5) is 12.3. The Balaban J connectivity index is 1.60. The van der Waals surface area contributed by atoms with E-state index in [0.29, 0.717) is 23.7 Å². The Hall–Kier alpha value is -2.55. The lowest BCUT2D eigenvalue weighted by Crippen LogP contribution is -2.22. The molecule has 0 saturated carbocycles. The predicted octanol–water partition coefficient (Wildman–Crippen LogP) is 2.03. The van der Waals surface area contributed by atoms with Crippen molar-refractivity contribution in [2.75, 3.05) is 18.3 Å². The van der Waals surface area contributed by atoms with Crippen LogP contribution in [0.1, 0.15) is 47.3 Å². The summed E-state index contributed by atoms with van der Waals surface area (Å²) in [5.41, 5.74) is 3.49. The largest absolute Gasteiger partial charge is 0.454 e. The molecule has 4 heterocycles. The van der Waals surface area contributed by atoms with Crippen LogP contribution in [0, 0.1) is 13.8 Å². The Morgan fingerprint density at radius 3 is 2.61 bits per heavy atom. The summed E-state index contributed by atoms with van der Waals surface area (Å²) in [5, 5.41) is 4.65. The molecule has 8 nitrogen and oxygen atoms in total. The minimum Gasteiger partial charge on any atom is -0.454 e. The fraction of sp³-hybridized carbons (Fsp3) is 0.474. The summed E-state index contributed by atoms with van der Waals surface area (Å²) in [5.74, 6) is 1.42. The van der Waals surface area contributed by atoms with E-state index in [1.165, 1.54) is 0 Å². The number of sulfone groups is 1. The first-order chi connectivity index (χ1) is 13.3. The predicted molar refractivity (Wildman–Crippen MR) is 98.7 cm³/mol. The number of hydrogen-bond acceptors (Lipinski definition) is 7. The number of benzene rings is 1. The van der Waals surface area contributed by atoms with Crippen molar-refractivity contribution in [3.63, 3.8) is 0 Å². The monoisotopic (exact) mass is 404 g/mol. The summed E-state index contributed by atoms with van der Waals surface area (Å²) in [6.45, 7) is 3.98. The SMILES string of the molecule is Cc1nn([C@H]2CCS(=O)(=O)C2)c(C)c1[C@H]1CC(=O)Oc2cc3c(cc21)OCO3. The van der Waals surface area contributed by atoms with Crippen LogP contribution >= 0.6 is 0 Å². The molecule has 3 aliphatic rings. The molecule has 0 spiro atoms. The topological polar surface area (TPSA) is 96.7 Å². The first kappa shape index (κ1) is 17.5. The number of esters is 1. The second kappa shape index (κ2) is 5.97. The third-order valence-corrected chi connectivity index (χ3v) is 7.51. The Morgan fingerprint density at radius 2 is 1.89 bits per heavy atom. The van der Waals surface area contributed by atoms with Crippen LogP contribution in [0.25, 0.3) is 0 Å². The van der Waals surface area contributed by atoms with Crippen LogP contribution in [0.4, 0.5) is 0 Å². The van der Waals surface area contributed by atoms with Gasteiger partial charge in [0.15, 0.2) is 21.3 Å². The maximum atomic E-state index is 12.3. The number of carbonyl (C=O) groups is 1. The molecule has 9 heteroatoms. The molecule has 3 aliphatic heterocycles. The lowest BCUT2D eigenvalue weighted by atomic mass is 9.85. The summed E-state index contributed by atoms with van der Waals surface area (Å²) >= 11 is 0. The second-order valence-electron chi connectivity index (χ2n) is 7.56. The summed E-state index contributed by atoms with van der Waals surface area (Å²) in [7, 11) is -3.02. The van der Waals surface area contributed by atoms with E-state index < -0.39 is 9.84 Å². The highest BCUT2D eigenvalue weighted by Crippen LogP contribution is 2.47. The minimum absolute atomic E-state index is 0.108. The molecule has 148 valence electrons. The smallest absolute Gasteiger partial charge is 0.312 e. The van der Waals surface area contributed by atoms with Crippen LogP contribution in [0.15, 0.2) is 12.1 Å². The van der Waals surface area contributed by atoms with Gasteiger partial charge < -0.3 is 14.2 Å². The van der Waals surface area contributed by atoms with Crippen molar-refractivity contribution in [3.05, 3.63) is 34.6 Å². The van der Waals surface area contributed by atoms with Gasteiger partial charge in [0.25, 0.3) is 0 Å². The molecule has 2 atom stereocenters. The van der Waals surface area contributed by atoms with Crippen LogP contribution in [0.5, 0.6) is 17.2 Å². The highest BCUT2D eigenvalue weighted by Gasteiger charge is 2.37. The lowest BCUT2D eigenvalue weighted by Gasteiger charge is -2.25. The van der Waals surface area contributed by atoms with Crippen LogP contribution in [-0.4, -0.2) is 42.5 Å². The number of aryl methyl sites for hydroxylation is 1. The van der Waals surface area contributed by atoms with E-state index in [2.05, 4.69) is 5.10 Å². The molecule has 28 heavy (non-hydrogen) atoms. The molecular weight excluding hydrogens is 384 g/mol. The number of fused-ring (bicyclic) bond motifs is 2. The van der Waals surface area contributed by atoms with Crippen molar-refractivity contribution in [1.82, 2.24) is 9.78 Å². The van der Waals surface area contributed by atoms with Gasteiger partial charge in [-0.3, -0.25) is 9.48 Å². The molecule has 1 saturated heterocycles. The second-order valence-corrected chi connectivity index (χ2v) is 9.79. The van der Waals surface area contributed by atoms with Crippen molar-refractivity contribution >= 4 is 15.8 Å². The van der Waals surface area contributed by atoms with Crippen LogP contribution in [-0.2, 0) is 14.6 Å². The highest BCUT2D eigenvalue weighted by atomic mass is 32.2. The fourth-order valence-electron chi connectivity index (χ4n) is 4.50. The van der Waals surface area contributed by atoms with Crippen LogP contribution < -0.4 is 14.2 Å². The number of carbonyl (C=O) groups excluding carboxylic acids is 1. The van der Waals surface area contributed by atoms with Gasteiger partial charge in [0.2, 0.25) is 6.79 Å². The first-order valence-corrected chi connectivity index (χ1v) is 11.0. The zero-order valence-corrected chi connectivity index (χ0v) is 16.4. The third-order valence-electron chi connectivity index (χ3n) is 5.76. The molecule has 0 N–H and O–H groups in total. The Kier molecular flexibility index (Phi) is 3.74. The number of nitrogens with zero attached hydrogens (tertiary/aromatic N) is 2. The van der Waals surface area contributed by atoms with Gasteiger partial charge >= 0.3 is 5.97 Å². The molecule has 0 bridgehead atoms. The van der Waals surface area contributed by atoms with E-state index in [1.807, 2.05) is 24.6 Å². The van der Waals surface area contributed by atoms with Gasteiger partial charge in [-0.15, -0.1) is 0 Å². The van der Waals surface area contributed by atoms with Crippen molar-refractivity contribution in [2.45, 2.75) is 38.6 Å². The summed E-state index contributed by atoms with van der Waals surface area (Å²) < 4.78 is 42.0. The molecule has 0 unspecified atom stereocenters. The molecule has 0 radical (unpaired) electrons. The third kappa shape index (κ3) is 2.68. The minimum atomic E-state index is -3.02. The first-order valence-electron chi connectivity index (χ1n) is 9.22. The van der Waals surface area contributed by atoms with Crippen molar-refractivity contribution in [1.29, 1.82) is 0 Å². The Labute approximate surface area is 162 Å². The van der Waals surface area contributed by atoms with Crippen LogP contribution in [0.3, 0.4) is 0 Å². The number of ether oxygens (including phenoxy) is 3. The van der Waals surface area contributed by atoms with Gasteiger partial charge in [-0.2, -0.15) is 5.10 Å². The average Bonchev–Trinajstić information content (AvgIpc) is 3.30. The van der Waals surface area contributed by atoms with Gasteiger partial charge in [0.1, 0.15) is 5.75 Å². The van der Waals surface area contributed by atoms with Gasteiger partial charge in [-0.05, 0) is 26.3 Å². The van der Waals surface area contributed by atoms with Gasteiger partial charge in [0.05, 0.1) is 29.7 Å². The maximum Gasteiger partial charge on any atom is 0.312 e. The normalized spacial score (nSPS) is 24.9. The molecule has 1 aromatic carbocycles. The number of rotatable bonds is 2. The maximum absolute atomic E-state index is 12.3. The van der Waals surface area contributed by atoms with Gasteiger partial charge in [0, 0.05) is 28.8 Å². The molecule has 0 aliphatic carbocycles. The van der Waals surface area contributed by atoms with Crippen molar-refractivity contribution < 1.29 is 27.4 Å². The van der Waals surface area contributed by atoms with E-state index in [0.717, 1.165) is 22.5 Å². The Bertz CT molecular complexity index is 1100. The standard InChI is InChI=1S/C19H20N2O6S/c1-10-19(11(2)21(20-10)12-3-4-28(23,24)8-12)14-6-18(22)27-15-7-17-16(5-13(14)15)25-9-26-17/h5,7,12,14H,3-4,6,8-9H2,1-2H3/t12-,14-/m0/s1. The molecular formula is C19H20N2O6S. The number of aromatic nitrogens is 2. The Morgan fingerprint density at radius 1 is 1.14 bits per heavy atom. The molecule has 2 aromatic rings. The summed E-state index contributed by atoms with van der Waals surface area (Å²) in [6.07, 6.45) is 0.759. The van der Waals surface area contributed by atoms with Crippen molar-refractivity contribution in [3.8, 4) is 17.2 Å². The van der Waals surface area contributed by atoms with E-state index in [1.54, 1.807) is 6.07 Å².